The Bertz CT molecular complexity index is 490. The van der Waals surface area contributed by atoms with Gasteiger partial charge in [0.25, 0.3) is 0 Å². The van der Waals surface area contributed by atoms with Crippen molar-refractivity contribution in [2.24, 2.45) is 5.73 Å². The van der Waals surface area contributed by atoms with E-state index in [1.54, 1.807) is 6.08 Å². The topological polar surface area (TPSA) is 52.5 Å². The number of imidazole rings is 1. The third-order valence-electron chi connectivity index (χ3n) is 2.25. The lowest BCUT2D eigenvalue weighted by atomic mass is 10.3. The minimum absolute atomic E-state index is 0.485. The fraction of sp³-hybridized carbons (Fsp3) is 0.250. The molecule has 0 unspecified atom stereocenters. The fourth-order valence-corrected chi connectivity index (χ4v) is 1.57. The lowest BCUT2D eigenvalue weighted by Gasteiger charge is -2.03. The molecule has 0 spiro atoms. The summed E-state index contributed by atoms with van der Waals surface area (Å²) in [5.74, 6) is 0.769. The van der Waals surface area contributed by atoms with E-state index in [4.69, 9.17) is 10.5 Å². The van der Waals surface area contributed by atoms with E-state index in [0.717, 1.165) is 23.5 Å². The Balaban J connectivity index is 2.37. The molecule has 0 fully saturated rings. The predicted molar refractivity (Wildman–Crippen MR) is 63.6 cm³/mol. The van der Waals surface area contributed by atoms with E-state index in [1.807, 2.05) is 28.9 Å². The molecule has 2 aromatic rings. The van der Waals surface area contributed by atoms with Crippen molar-refractivity contribution >= 4 is 5.65 Å². The largest absolute Gasteiger partial charge is 0.486 e. The number of rotatable bonds is 5. The standard InChI is InChI=1S/C12H15N3O/c1-2-8-16-11-4-3-7-15-9-10(5-6-13)14-12(11)15/h2-4,7,9H,1,5-6,8,13H2. The molecule has 2 N–H and O–H groups in total. The zero-order valence-corrected chi connectivity index (χ0v) is 9.10. The zero-order valence-electron chi connectivity index (χ0n) is 9.10. The van der Waals surface area contributed by atoms with Crippen LogP contribution in [0.2, 0.25) is 0 Å². The Morgan fingerprint density at radius 1 is 1.56 bits per heavy atom. The van der Waals surface area contributed by atoms with E-state index in [2.05, 4.69) is 11.6 Å². The first-order valence-electron chi connectivity index (χ1n) is 5.25. The van der Waals surface area contributed by atoms with Gasteiger partial charge in [0, 0.05) is 18.8 Å². The maximum absolute atomic E-state index is 5.53. The van der Waals surface area contributed by atoms with E-state index >= 15 is 0 Å². The Morgan fingerprint density at radius 2 is 2.44 bits per heavy atom. The molecule has 16 heavy (non-hydrogen) atoms. The van der Waals surface area contributed by atoms with Crippen molar-refractivity contribution in [3.63, 3.8) is 0 Å². The Kier molecular flexibility index (Phi) is 3.22. The van der Waals surface area contributed by atoms with Gasteiger partial charge in [-0.2, -0.15) is 0 Å². The monoisotopic (exact) mass is 217 g/mol. The zero-order chi connectivity index (χ0) is 11.4. The second-order valence-electron chi connectivity index (χ2n) is 3.47. The highest BCUT2D eigenvalue weighted by Crippen LogP contribution is 2.18. The van der Waals surface area contributed by atoms with Crippen molar-refractivity contribution in [2.75, 3.05) is 13.2 Å². The Labute approximate surface area is 94.4 Å². The van der Waals surface area contributed by atoms with E-state index in [0.29, 0.717) is 13.2 Å². The molecule has 0 aliphatic heterocycles. The molecular weight excluding hydrogens is 202 g/mol. The first-order chi connectivity index (χ1) is 7.85. The summed E-state index contributed by atoms with van der Waals surface area (Å²) < 4.78 is 7.48. The minimum Gasteiger partial charge on any atom is -0.486 e. The van der Waals surface area contributed by atoms with Crippen LogP contribution in [0.4, 0.5) is 0 Å². The molecule has 0 saturated heterocycles. The summed E-state index contributed by atoms with van der Waals surface area (Å²) in [6, 6.07) is 3.83. The molecule has 4 nitrogen and oxygen atoms in total. The van der Waals surface area contributed by atoms with Gasteiger partial charge in [0.05, 0.1) is 5.69 Å². The number of nitrogens with zero attached hydrogens (tertiary/aromatic N) is 2. The normalized spacial score (nSPS) is 10.6. The van der Waals surface area contributed by atoms with E-state index in [9.17, 15) is 0 Å². The number of aromatic nitrogens is 2. The molecule has 0 saturated carbocycles. The van der Waals surface area contributed by atoms with Gasteiger partial charge in [0.1, 0.15) is 6.61 Å². The SMILES string of the molecule is C=CCOc1cccn2cc(CCN)nc12. The number of nitrogens with two attached hydrogens (primary N) is 1. The van der Waals surface area contributed by atoms with Gasteiger partial charge in [0.2, 0.25) is 0 Å². The lowest BCUT2D eigenvalue weighted by Crippen LogP contribution is -2.02. The number of pyridine rings is 1. The van der Waals surface area contributed by atoms with Crippen LogP contribution in [0.5, 0.6) is 5.75 Å². The molecule has 4 heteroatoms. The molecule has 0 aliphatic rings. The van der Waals surface area contributed by atoms with Crippen LogP contribution in [0.3, 0.4) is 0 Å². The molecule has 0 radical (unpaired) electrons. The van der Waals surface area contributed by atoms with Crippen molar-refractivity contribution in [3.05, 3.63) is 42.9 Å². The molecule has 0 amide bonds. The third kappa shape index (κ3) is 2.06. The van der Waals surface area contributed by atoms with Crippen LogP contribution in [0.15, 0.2) is 37.2 Å². The van der Waals surface area contributed by atoms with Gasteiger partial charge in [-0.1, -0.05) is 12.7 Å². The number of ether oxygens (including phenoxy) is 1. The molecule has 2 rings (SSSR count). The van der Waals surface area contributed by atoms with Crippen molar-refractivity contribution in [2.45, 2.75) is 6.42 Å². The molecule has 2 heterocycles. The highest BCUT2D eigenvalue weighted by molar-refractivity contribution is 5.54. The average molecular weight is 217 g/mol. The van der Waals surface area contributed by atoms with Crippen molar-refractivity contribution in [1.82, 2.24) is 9.38 Å². The number of hydrogen-bond donors (Lipinski definition) is 1. The van der Waals surface area contributed by atoms with Gasteiger partial charge in [0.15, 0.2) is 11.4 Å². The Hall–Kier alpha value is -1.81. The summed E-state index contributed by atoms with van der Waals surface area (Å²) in [4.78, 5) is 4.48. The van der Waals surface area contributed by atoms with Crippen LogP contribution in [0.1, 0.15) is 5.69 Å². The number of hydrogen-bond acceptors (Lipinski definition) is 3. The van der Waals surface area contributed by atoms with Crippen LogP contribution >= 0.6 is 0 Å². The van der Waals surface area contributed by atoms with Crippen molar-refractivity contribution in [3.8, 4) is 5.75 Å². The molecule has 0 aliphatic carbocycles. The van der Waals surface area contributed by atoms with E-state index in [-0.39, 0.29) is 0 Å². The van der Waals surface area contributed by atoms with Gasteiger partial charge < -0.3 is 14.9 Å². The van der Waals surface area contributed by atoms with Gasteiger partial charge in [-0.15, -0.1) is 0 Å². The van der Waals surface area contributed by atoms with Gasteiger partial charge in [-0.05, 0) is 18.7 Å². The molecule has 84 valence electrons. The van der Waals surface area contributed by atoms with E-state index in [1.165, 1.54) is 0 Å². The van der Waals surface area contributed by atoms with Crippen LogP contribution in [-0.2, 0) is 6.42 Å². The summed E-state index contributed by atoms with van der Waals surface area (Å²) in [5.41, 5.74) is 7.32. The maximum atomic E-state index is 5.53. The summed E-state index contributed by atoms with van der Waals surface area (Å²) in [6.07, 6.45) is 6.42. The van der Waals surface area contributed by atoms with Gasteiger partial charge in [-0.25, -0.2) is 4.98 Å². The lowest BCUT2D eigenvalue weighted by molar-refractivity contribution is 0.365. The molecular formula is C12H15N3O. The smallest absolute Gasteiger partial charge is 0.179 e. The second-order valence-corrected chi connectivity index (χ2v) is 3.47. The molecule has 0 atom stereocenters. The van der Waals surface area contributed by atoms with Crippen molar-refractivity contribution in [1.29, 1.82) is 0 Å². The van der Waals surface area contributed by atoms with E-state index < -0.39 is 0 Å². The summed E-state index contributed by atoms with van der Waals surface area (Å²) in [6.45, 7) is 4.71. The molecule has 0 aromatic carbocycles. The van der Waals surface area contributed by atoms with Crippen LogP contribution in [0.25, 0.3) is 5.65 Å². The highest BCUT2D eigenvalue weighted by Gasteiger charge is 2.05. The predicted octanol–water partition coefficient (Wildman–Crippen LogP) is 1.40. The summed E-state index contributed by atoms with van der Waals surface area (Å²) in [5, 5.41) is 0. The highest BCUT2D eigenvalue weighted by atomic mass is 16.5. The quantitative estimate of drug-likeness (QED) is 0.770. The first kappa shape index (κ1) is 10.7. The van der Waals surface area contributed by atoms with Crippen LogP contribution in [-0.4, -0.2) is 22.5 Å². The summed E-state index contributed by atoms with van der Waals surface area (Å²) in [7, 11) is 0. The third-order valence-corrected chi connectivity index (χ3v) is 2.25. The average Bonchev–Trinajstić information content (AvgIpc) is 2.69. The Morgan fingerprint density at radius 3 is 3.19 bits per heavy atom. The fourth-order valence-electron chi connectivity index (χ4n) is 1.57. The molecule has 0 bridgehead atoms. The first-order valence-corrected chi connectivity index (χ1v) is 5.25. The second kappa shape index (κ2) is 4.81. The van der Waals surface area contributed by atoms with Gasteiger partial charge >= 0.3 is 0 Å². The molecule has 2 aromatic heterocycles. The minimum atomic E-state index is 0.485. The van der Waals surface area contributed by atoms with Crippen molar-refractivity contribution < 1.29 is 4.74 Å². The maximum Gasteiger partial charge on any atom is 0.179 e. The number of fused-ring (bicyclic) bond motifs is 1. The van der Waals surface area contributed by atoms with Gasteiger partial charge in [-0.3, -0.25) is 0 Å². The summed E-state index contributed by atoms with van der Waals surface area (Å²) >= 11 is 0. The van der Waals surface area contributed by atoms with Crippen LogP contribution in [0, 0.1) is 0 Å². The van der Waals surface area contributed by atoms with Crippen LogP contribution < -0.4 is 10.5 Å².